The first-order valence-electron chi connectivity index (χ1n) is 6.06. The van der Waals surface area contributed by atoms with Gasteiger partial charge in [-0.25, -0.2) is 0 Å². The normalized spacial score (nSPS) is 12.0. The molecule has 1 aromatic carbocycles. The van der Waals surface area contributed by atoms with E-state index in [1.165, 1.54) is 4.90 Å². The highest BCUT2D eigenvalue weighted by atomic mass is 35.5. The lowest BCUT2D eigenvalue weighted by Crippen LogP contribution is -2.39. The van der Waals surface area contributed by atoms with Crippen LogP contribution < -0.4 is 10.6 Å². The second-order valence-corrected chi connectivity index (χ2v) is 5.08. The summed E-state index contributed by atoms with van der Waals surface area (Å²) in [5, 5.41) is 0.503. The van der Waals surface area contributed by atoms with Crippen LogP contribution in [0.4, 0.5) is 18.9 Å². The largest absolute Gasteiger partial charge is 0.405 e. The standard InChI is InChI=1S/C13H18ClF3N2/c1-9(2)19(8-13(15,16)17)12-4-3-11(14)7-10(12)5-6-18/h3-4,7,9H,5-6,8,18H2,1-2H3. The van der Waals surface area contributed by atoms with E-state index >= 15 is 0 Å². The van der Waals surface area contributed by atoms with Crippen molar-refractivity contribution in [2.75, 3.05) is 18.0 Å². The number of anilines is 1. The van der Waals surface area contributed by atoms with Crippen LogP contribution in [0.2, 0.25) is 5.02 Å². The summed E-state index contributed by atoms with van der Waals surface area (Å²) in [6.07, 6.45) is -3.75. The van der Waals surface area contributed by atoms with Gasteiger partial charge in [-0.15, -0.1) is 0 Å². The van der Waals surface area contributed by atoms with Gasteiger partial charge in [0.25, 0.3) is 0 Å². The van der Waals surface area contributed by atoms with Crippen LogP contribution in [-0.2, 0) is 6.42 Å². The number of benzene rings is 1. The molecule has 0 aliphatic carbocycles. The molecular formula is C13H18ClF3N2. The molecule has 2 nitrogen and oxygen atoms in total. The van der Waals surface area contributed by atoms with Gasteiger partial charge in [0.05, 0.1) is 0 Å². The Bertz CT molecular complexity index is 419. The number of hydrogen-bond acceptors (Lipinski definition) is 2. The molecule has 0 atom stereocenters. The maximum Gasteiger partial charge on any atom is 0.405 e. The Morgan fingerprint density at radius 1 is 1.32 bits per heavy atom. The molecule has 1 rings (SSSR count). The molecule has 2 N–H and O–H groups in total. The van der Waals surface area contributed by atoms with Gasteiger partial charge in [0, 0.05) is 16.8 Å². The van der Waals surface area contributed by atoms with Crippen molar-refractivity contribution in [3.63, 3.8) is 0 Å². The monoisotopic (exact) mass is 294 g/mol. The lowest BCUT2D eigenvalue weighted by Gasteiger charge is -2.31. The van der Waals surface area contributed by atoms with Gasteiger partial charge in [-0.2, -0.15) is 13.2 Å². The Balaban J connectivity index is 3.14. The summed E-state index contributed by atoms with van der Waals surface area (Å²) in [7, 11) is 0. The van der Waals surface area contributed by atoms with Gasteiger partial charge in [-0.05, 0) is 50.6 Å². The second kappa shape index (κ2) is 6.48. The van der Waals surface area contributed by atoms with Gasteiger partial charge in [0.2, 0.25) is 0 Å². The summed E-state index contributed by atoms with van der Waals surface area (Å²) < 4.78 is 38.0. The van der Waals surface area contributed by atoms with Crippen molar-refractivity contribution in [3.05, 3.63) is 28.8 Å². The maximum atomic E-state index is 12.7. The van der Waals surface area contributed by atoms with E-state index in [1.54, 1.807) is 32.0 Å². The zero-order chi connectivity index (χ0) is 14.6. The summed E-state index contributed by atoms with van der Waals surface area (Å²) in [5.41, 5.74) is 6.79. The number of rotatable bonds is 5. The molecule has 0 amide bonds. The Morgan fingerprint density at radius 3 is 2.42 bits per heavy atom. The lowest BCUT2D eigenvalue weighted by molar-refractivity contribution is -0.120. The Hall–Kier alpha value is -0.940. The van der Waals surface area contributed by atoms with Gasteiger partial charge >= 0.3 is 6.18 Å². The Morgan fingerprint density at radius 2 is 1.95 bits per heavy atom. The van der Waals surface area contributed by atoms with Gasteiger partial charge in [0.1, 0.15) is 6.54 Å². The highest BCUT2D eigenvalue weighted by Crippen LogP contribution is 2.29. The molecule has 0 bridgehead atoms. The first-order valence-corrected chi connectivity index (χ1v) is 6.44. The molecule has 6 heteroatoms. The van der Waals surface area contributed by atoms with Crippen LogP contribution in [0.5, 0.6) is 0 Å². The van der Waals surface area contributed by atoms with E-state index in [1.807, 2.05) is 0 Å². The fraction of sp³-hybridized carbons (Fsp3) is 0.538. The van der Waals surface area contributed by atoms with Crippen LogP contribution in [0.1, 0.15) is 19.4 Å². The minimum absolute atomic E-state index is 0.265. The number of nitrogens with zero attached hydrogens (tertiary/aromatic N) is 1. The van der Waals surface area contributed by atoms with E-state index in [0.29, 0.717) is 23.7 Å². The first-order chi connectivity index (χ1) is 8.74. The summed E-state index contributed by atoms with van der Waals surface area (Å²) in [4.78, 5) is 1.32. The van der Waals surface area contributed by atoms with Crippen molar-refractivity contribution < 1.29 is 13.2 Å². The topological polar surface area (TPSA) is 29.3 Å². The van der Waals surface area contributed by atoms with Crippen LogP contribution in [0.3, 0.4) is 0 Å². The highest BCUT2D eigenvalue weighted by molar-refractivity contribution is 6.30. The van der Waals surface area contributed by atoms with Crippen molar-refractivity contribution in [1.29, 1.82) is 0 Å². The third kappa shape index (κ3) is 4.91. The SMILES string of the molecule is CC(C)N(CC(F)(F)F)c1ccc(Cl)cc1CCN. The van der Waals surface area contributed by atoms with Crippen molar-refractivity contribution in [2.24, 2.45) is 5.73 Å². The highest BCUT2D eigenvalue weighted by Gasteiger charge is 2.32. The first kappa shape index (κ1) is 16.1. The lowest BCUT2D eigenvalue weighted by atomic mass is 10.1. The van der Waals surface area contributed by atoms with Gasteiger partial charge in [0.15, 0.2) is 0 Å². The third-order valence-electron chi connectivity index (χ3n) is 2.74. The molecule has 0 radical (unpaired) electrons. The predicted molar refractivity (Wildman–Crippen MR) is 72.7 cm³/mol. The van der Waals surface area contributed by atoms with E-state index < -0.39 is 12.7 Å². The number of alkyl halides is 3. The molecule has 0 heterocycles. The smallest absolute Gasteiger partial charge is 0.360 e. The second-order valence-electron chi connectivity index (χ2n) is 4.65. The fourth-order valence-electron chi connectivity index (χ4n) is 1.93. The molecule has 0 saturated carbocycles. The van der Waals surface area contributed by atoms with Crippen LogP contribution >= 0.6 is 11.6 Å². The average Bonchev–Trinajstić information content (AvgIpc) is 2.25. The van der Waals surface area contributed by atoms with Crippen molar-refractivity contribution in [3.8, 4) is 0 Å². The van der Waals surface area contributed by atoms with E-state index in [0.717, 1.165) is 5.56 Å². The van der Waals surface area contributed by atoms with Crippen molar-refractivity contribution >= 4 is 17.3 Å². The van der Waals surface area contributed by atoms with Crippen LogP contribution in [-0.4, -0.2) is 25.3 Å². The van der Waals surface area contributed by atoms with E-state index in [4.69, 9.17) is 17.3 Å². The van der Waals surface area contributed by atoms with Crippen molar-refractivity contribution in [1.82, 2.24) is 0 Å². The third-order valence-corrected chi connectivity index (χ3v) is 2.97. The summed E-state index contributed by atoms with van der Waals surface area (Å²) in [6, 6.07) is 4.64. The molecule has 0 aromatic heterocycles. The number of halogens is 4. The Kier molecular flexibility index (Phi) is 5.50. The predicted octanol–water partition coefficient (Wildman–Crippen LogP) is 3.62. The molecular weight excluding hydrogens is 277 g/mol. The molecule has 0 aliphatic rings. The molecule has 1 aromatic rings. The molecule has 0 fully saturated rings. The van der Waals surface area contributed by atoms with Gasteiger partial charge in [-0.1, -0.05) is 11.6 Å². The summed E-state index contributed by atoms with van der Waals surface area (Å²) in [6.45, 7) is 2.84. The summed E-state index contributed by atoms with van der Waals surface area (Å²) >= 11 is 5.89. The Labute approximate surface area is 116 Å². The van der Waals surface area contributed by atoms with Crippen LogP contribution in [0, 0.1) is 0 Å². The number of nitrogens with two attached hydrogens (primary N) is 1. The fourth-order valence-corrected chi connectivity index (χ4v) is 2.12. The molecule has 0 saturated heterocycles. The zero-order valence-corrected chi connectivity index (χ0v) is 11.7. The minimum atomic E-state index is -4.25. The van der Waals surface area contributed by atoms with Crippen LogP contribution in [0.25, 0.3) is 0 Å². The zero-order valence-electron chi connectivity index (χ0n) is 11.0. The van der Waals surface area contributed by atoms with Crippen molar-refractivity contribution in [2.45, 2.75) is 32.5 Å². The molecule has 0 spiro atoms. The quantitative estimate of drug-likeness (QED) is 0.899. The maximum absolute atomic E-state index is 12.7. The molecule has 0 unspecified atom stereocenters. The molecule has 19 heavy (non-hydrogen) atoms. The molecule has 108 valence electrons. The average molecular weight is 295 g/mol. The molecule has 0 aliphatic heterocycles. The van der Waals surface area contributed by atoms with Gasteiger partial charge < -0.3 is 10.6 Å². The van der Waals surface area contributed by atoms with E-state index in [2.05, 4.69) is 0 Å². The van der Waals surface area contributed by atoms with Gasteiger partial charge in [-0.3, -0.25) is 0 Å². The summed E-state index contributed by atoms with van der Waals surface area (Å²) in [5.74, 6) is 0. The number of hydrogen-bond donors (Lipinski definition) is 1. The van der Waals surface area contributed by atoms with E-state index in [9.17, 15) is 13.2 Å². The van der Waals surface area contributed by atoms with E-state index in [-0.39, 0.29) is 6.04 Å². The van der Waals surface area contributed by atoms with Crippen LogP contribution in [0.15, 0.2) is 18.2 Å². The minimum Gasteiger partial charge on any atom is -0.360 e.